The van der Waals surface area contributed by atoms with Crippen LogP contribution in [-0.2, 0) is 4.74 Å². The largest absolute Gasteiger partial charge is 0.379 e. The van der Waals surface area contributed by atoms with E-state index in [2.05, 4.69) is 52.4 Å². The number of thiol groups is 1. The van der Waals surface area contributed by atoms with Gasteiger partial charge in [0.25, 0.3) is 0 Å². The minimum Gasteiger partial charge on any atom is -0.379 e. The maximum atomic E-state index is 5.41. The fourth-order valence-corrected chi connectivity index (χ4v) is 4.16. The summed E-state index contributed by atoms with van der Waals surface area (Å²) in [6.07, 6.45) is 2.27. The second kappa shape index (κ2) is 5.31. The maximum Gasteiger partial charge on any atom is 0.0603 e. The van der Waals surface area contributed by atoms with Gasteiger partial charge in [0.15, 0.2) is 0 Å². The van der Waals surface area contributed by atoms with Gasteiger partial charge in [-0.2, -0.15) is 11.1 Å². The van der Waals surface area contributed by atoms with E-state index in [-0.39, 0.29) is 11.1 Å². The Bertz CT molecular complexity index is 472. The van der Waals surface area contributed by atoms with E-state index in [0.29, 0.717) is 0 Å². The van der Waals surface area contributed by atoms with E-state index in [1.807, 2.05) is 0 Å². The third kappa shape index (κ3) is 2.53. The maximum absolute atomic E-state index is 5.41. The summed E-state index contributed by atoms with van der Waals surface area (Å²) in [5, 5.41) is 4.78. The molecule has 0 radical (unpaired) electrons. The van der Waals surface area contributed by atoms with Crippen LogP contribution < -0.4 is 0 Å². The number of allylic oxidation sites excluding steroid dienone is 2. The van der Waals surface area contributed by atoms with E-state index in [0.717, 1.165) is 26.3 Å². The molecule has 3 rings (SSSR count). The SMILES string of the molecule is Cc1ccc(C2=C[SH](N3CCOCC3)C=C2)cc1. The summed E-state index contributed by atoms with van der Waals surface area (Å²) in [6.45, 7) is 6.01. The average Bonchev–Trinajstić information content (AvgIpc) is 2.90. The topological polar surface area (TPSA) is 12.5 Å². The van der Waals surface area contributed by atoms with Crippen LogP contribution >= 0.6 is 11.1 Å². The van der Waals surface area contributed by atoms with Crippen LogP contribution in [0.3, 0.4) is 0 Å². The van der Waals surface area contributed by atoms with Crippen LogP contribution in [0.1, 0.15) is 11.1 Å². The lowest BCUT2D eigenvalue weighted by atomic mass is 10.1. The number of benzene rings is 1. The van der Waals surface area contributed by atoms with Crippen LogP contribution in [0.4, 0.5) is 0 Å². The Labute approximate surface area is 111 Å². The van der Waals surface area contributed by atoms with Crippen molar-refractivity contribution in [1.82, 2.24) is 4.31 Å². The predicted octanol–water partition coefficient (Wildman–Crippen LogP) is 3.11. The zero-order chi connectivity index (χ0) is 12.4. The van der Waals surface area contributed by atoms with Gasteiger partial charge < -0.3 is 4.74 Å². The van der Waals surface area contributed by atoms with Gasteiger partial charge in [0.2, 0.25) is 0 Å². The van der Waals surface area contributed by atoms with Crippen LogP contribution in [0, 0.1) is 6.92 Å². The highest BCUT2D eigenvalue weighted by atomic mass is 32.2. The quantitative estimate of drug-likeness (QED) is 0.821. The first-order valence-corrected chi connectivity index (χ1v) is 7.84. The summed E-state index contributed by atoms with van der Waals surface area (Å²) in [5.74, 6) is 0. The van der Waals surface area contributed by atoms with Crippen LogP contribution in [0.5, 0.6) is 0 Å². The Kier molecular flexibility index (Phi) is 3.55. The monoisotopic (exact) mass is 261 g/mol. The van der Waals surface area contributed by atoms with E-state index in [1.165, 1.54) is 16.7 Å². The zero-order valence-corrected chi connectivity index (χ0v) is 11.6. The summed E-state index contributed by atoms with van der Waals surface area (Å²) in [5.41, 5.74) is 4.01. The molecule has 0 amide bonds. The van der Waals surface area contributed by atoms with Crippen molar-refractivity contribution in [3.05, 3.63) is 52.3 Å². The van der Waals surface area contributed by atoms with Crippen LogP contribution in [0.25, 0.3) is 5.57 Å². The number of hydrogen-bond donors (Lipinski definition) is 1. The van der Waals surface area contributed by atoms with Gasteiger partial charge in [0, 0.05) is 13.1 Å². The molecule has 18 heavy (non-hydrogen) atoms. The van der Waals surface area contributed by atoms with E-state index >= 15 is 0 Å². The van der Waals surface area contributed by atoms with E-state index in [9.17, 15) is 0 Å². The molecule has 1 atom stereocenters. The molecule has 0 aliphatic carbocycles. The zero-order valence-electron chi connectivity index (χ0n) is 10.7. The molecule has 1 aromatic carbocycles. The summed E-state index contributed by atoms with van der Waals surface area (Å²) >= 11 is -0.223. The standard InChI is InChI=1S/C15H19NOS/c1-13-2-4-14(5-3-13)15-6-11-18(12-15)16-7-9-17-10-8-16/h2-6,11-12,18H,7-10H2,1H3. The second-order valence-corrected chi connectivity index (χ2v) is 6.59. The third-order valence-corrected chi connectivity index (χ3v) is 5.43. The minimum absolute atomic E-state index is 0.223. The number of rotatable bonds is 2. The van der Waals surface area contributed by atoms with Crippen molar-refractivity contribution in [2.45, 2.75) is 6.92 Å². The normalized spacial score (nSPS) is 26.3. The van der Waals surface area contributed by atoms with Crippen molar-refractivity contribution in [1.29, 1.82) is 0 Å². The van der Waals surface area contributed by atoms with Gasteiger partial charge in [-0.05, 0) is 35.0 Å². The molecular weight excluding hydrogens is 242 g/mol. The highest BCUT2D eigenvalue weighted by Crippen LogP contribution is 2.43. The lowest BCUT2D eigenvalue weighted by Gasteiger charge is -2.32. The Hall–Kier alpha value is -1.03. The summed E-state index contributed by atoms with van der Waals surface area (Å²) in [6, 6.07) is 8.78. The molecule has 2 heterocycles. The lowest BCUT2D eigenvalue weighted by Crippen LogP contribution is -2.32. The molecule has 1 saturated heterocycles. The molecule has 2 aliphatic rings. The lowest BCUT2D eigenvalue weighted by molar-refractivity contribution is 0.0770. The van der Waals surface area contributed by atoms with Crippen LogP contribution in [0.2, 0.25) is 0 Å². The van der Waals surface area contributed by atoms with Crippen molar-refractivity contribution in [3.8, 4) is 0 Å². The highest BCUT2D eigenvalue weighted by Gasteiger charge is 2.17. The first-order chi connectivity index (χ1) is 8.83. The average molecular weight is 261 g/mol. The van der Waals surface area contributed by atoms with Crippen molar-refractivity contribution in [2.75, 3.05) is 26.3 Å². The minimum atomic E-state index is -0.223. The van der Waals surface area contributed by atoms with E-state index in [1.54, 1.807) is 0 Å². The second-order valence-electron chi connectivity index (χ2n) is 4.71. The van der Waals surface area contributed by atoms with Gasteiger partial charge in [-0.3, -0.25) is 4.31 Å². The molecule has 0 N–H and O–H groups in total. The number of morpholine rings is 1. The van der Waals surface area contributed by atoms with Gasteiger partial charge in [-0.25, -0.2) is 0 Å². The number of ether oxygens (including phenoxy) is 1. The van der Waals surface area contributed by atoms with Crippen molar-refractivity contribution >= 4 is 16.7 Å². The number of nitrogens with zero attached hydrogens (tertiary/aromatic N) is 1. The Morgan fingerprint density at radius 1 is 1.11 bits per heavy atom. The van der Waals surface area contributed by atoms with Crippen molar-refractivity contribution in [3.63, 3.8) is 0 Å². The molecule has 2 nitrogen and oxygen atoms in total. The summed E-state index contributed by atoms with van der Waals surface area (Å²) < 4.78 is 7.95. The van der Waals surface area contributed by atoms with Crippen molar-refractivity contribution in [2.24, 2.45) is 0 Å². The number of aryl methyl sites for hydroxylation is 1. The highest BCUT2D eigenvalue weighted by molar-refractivity contribution is 8.20. The first kappa shape index (κ1) is 12.0. The molecule has 0 bridgehead atoms. The van der Waals surface area contributed by atoms with Gasteiger partial charge in [-0.1, -0.05) is 29.8 Å². The molecule has 1 aromatic rings. The first-order valence-electron chi connectivity index (χ1n) is 6.41. The van der Waals surface area contributed by atoms with Gasteiger partial charge in [0.05, 0.1) is 13.2 Å². The summed E-state index contributed by atoms with van der Waals surface area (Å²) in [7, 11) is 0. The van der Waals surface area contributed by atoms with Gasteiger partial charge >= 0.3 is 0 Å². The molecular formula is C15H19NOS. The number of hydrogen-bond acceptors (Lipinski definition) is 2. The van der Waals surface area contributed by atoms with Crippen LogP contribution in [-0.4, -0.2) is 30.6 Å². The molecule has 1 unspecified atom stereocenters. The Morgan fingerprint density at radius 3 is 2.56 bits per heavy atom. The van der Waals surface area contributed by atoms with E-state index in [4.69, 9.17) is 4.74 Å². The van der Waals surface area contributed by atoms with Crippen molar-refractivity contribution < 1.29 is 4.74 Å². The predicted molar refractivity (Wildman–Crippen MR) is 79.7 cm³/mol. The molecule has 96 valence electrons. The van der Waals surface area contributed by atoms with Gasteiger partial charge in [-0.15, -0.1) is 0 Å². The van der Waals surface area contributed by atoms with Gasteiger partial charge in [0.1, 0.15) is 0 Å². The molecule has 1 fully saturated rings. The molecule has 3 heteroatoms. The Morgan fingerprint density at radius 2 is 1.83 bits per heavy atom. The fraction of sp³-hybridized carbons (Fsp3) is 0.333. The molecule has 0 spiro atoms. The molecule has 0 aromatic heterocycles. The fourth-order valence-electron chi connectivity index (χ4n) is 2.26. The molecule has 2 aliphatic heterocycles. The smallest absolute Gasteiger partial charge is 0.0603 e. The van der Waals surface area contributed by atoms with Crippen LogP contribution in [0.15, 0.2) is 41.2 Å². The van der Waals surface area contributed by atoms with E-state index < -0.39 is 0 Å². The Balaban J connectivity index is 1.75. The molecule has 0 saturated carbocycles. The summed E-state index contributed by atoms with van der Waals surface area (Å²) in [4.78, 5) is 0. The third-order valence-electron chi connectivity index (χ3n) is 3.38.